The number of hydrogen-bond donors (Lipinski definition) is 1. The summed E-state index contributed by atoms with van der Waals surface area (Å²) in [5.41, 5.74) is 6.56. The first-order valence-corrected chi connectivity index (χ1v) is 7.14. The van der Waals surface area contributed by atoms with E-state index >= 15 is 0 Å². The Morgan fingerprint density at radius 3 is 2.76 bits per heavy atom. The van der Waals surface area contributed by atoms with Gasteiger partial charge in [-0.3, -0.25) is 4.31 Å². The predicted molar refractivity (Wildman–Crippen MR) is 64.7 cm³/mol. The van der Waals surface area contributed by atoms with Gasteiger partial charge >= 0.3 is 0 Å². The van der Waals surface area contributed by atoms with Crippen molar-refractivity contribution in [2.75, 3.05) is 16.6 Å². The molecule has 0 aromatic heterocycles. The first kappa shape index (κ1) is 12.3. The summed E-state index contributed by atoms with van der Waals surface area (Å²) < 4.78 is 38.3. The van der Waals surface area contributed by atoms with E-state index in [-0.39, 0.29) is 12.3 Å². The molecule has 2 N–H and O–H groups in total. The van der Waals surface area contributed by atoms with Crippen molar-refractivity contribution in [3.63, 3.8) is 0 Å². The number of nitrogens with two attached hydrogens (primary N) is 1. The van der Waals surface area contributed by atoms with Crippen molar-refractivity contribution in [1.29, 1.82) is 0 Å². The average molecular weight is 258 g/mol. The lowest BCUT2D eigenvalue weighted by atomic mass is 10.1. The third-order valence-corrected chi connectivity index (χ3v) is 4.73. The molecule has 1 fully saturated rings. The second kappa shape index (κ2) is 4.62. The zero-order valence-electron chi connectivity index (χ0n) is 9.39. The molecule has 0 atom stereocenters. The molecule has 0 radical (unpaired) electrons. The van der Waals surface area contributed by atoms with Crippen LogP contribution >= 0.6 is 0 Å². The first-order valence-electron chi connectivity index (χ1n) is 5.53. The van der Waals surface area contributed by atoms with Crippen molar-refractivity contribution in [2.24, 2.45) is 5.73 Å². The molecule has 1 aromatic rings. The molecular weight excluding hydrogens is 243 g/mol. The van der Waals surface area contributed by atoms with Crippen molar-refractivity contribution in [2.45, 2.75) is 19.4 Å². The fourth-order valence-corrected chi connectivity index (χ4v) is 3.69. The molecule has 0 bridgehead atoms. The molecule has 0 unspecified atom stereocenters. The molecule has 1 heterocycles. The smallest absolute Gasteiger partial charge is 0.235 e. The van der Waals surface area contributed by atoms with E-state index in [0.717, 1.165) is 6.42 Å². The minimum atomic E-state index is -3.27. The van der Waals surface area contributed by atoms with Crippen LogP contribution in [0.25, 0.3) is 0 Å². The molecule has 4 nitrogen and oxygen atoms in total. The van der Waals surface area contributed by atoms with Gasteiger partial charge in [-0.2, -0.15) is 0 Å². The minimum Gasteiger partial charge on any atom is -0.326 e. The number of nitrogens with zero attached hydrogens (tertiary/aromatic N) is 1. The van der Waals surface area contributed by atoms with E-state index in [1.807, 2.05) is 0 Å². The summed E-state index contributed by atoms with van der Waals surface area (Å²) >= 11 is 0. The fourth-order valence-electron chi connectivity index (χ4n) is 2.02. The van der Waals surface area contributed by atoms with Crippen LogP contribution in [-0.2, 0) is 16.6 Å². The number of sulfonamides is 1. The van der Waals surface area contributed by atoms with Gasteiger partial charge in [0.2, 0.25) is 10.0 Å². The van der Waals surface area contributed by atoms with E-state index in [4.69, 9.17) is 5.73 Å². The maximum absolute atomic E-state index is 13.1. The van der Waals surface area contributed by atoms with Gasteiger partial charge in [-0.25, -0.2) is 12.8 Å². The largest absolute Gasteiger partial charge is 0.326 e. The summed E-state index contributed by atoms with van der Waals surface area (Å²) in [7, 11) is -3.27. The van der Waals surface area contributed by atoms with Crippen LogP contribution in [0.5, 0.6) is 0 Å². The maximum Gasteiger partial charge on any atom is 0.235 e. The van der Waals surface area contributed by atoms with Crippen molar-refractivity contribution in [3.05, 3.63) is 29.6 Å². The summed E-state index contributed by atoms with van der Waals surface area (Å²) in [6.45, 7) is 0.570. The van der Waals surface area contributed by atoms with Gasteiger partial charge in [-0.1, -0.05) is 0 Å². The number of benzene rings is 1. The topological polar surface area (TPSA) is 63.4 Å². The maximum atomic E-state index is 13.1. The minimum absolute atomic E-state index is 0.124. The Kier molecular flexibility index (Phi) is 3.35. The molecule has 0 amide bonds. The first-order chi connectivity index (χ1) is 8.04. The molecule has 17 heavy (non-hydrogen) atoms. The highest BCUT2D eigenvalue weighted by atomic mass is 32.2. The Morgan fingerprint density at radius 1 is 1.35 bits per heavy atom. The fraction of sp³-hybridized carbons (Fsp3) is 0.455. The Balaban J connectivity index is 2.45. The number of rotatable bonds is 2. The molecule has 0 aliphatic carbocycles. The number of halogens is 1. The standard InChI is InChI=1S/C11H15FN2O2S/c12-10-3-4-11(9(7-10)8-13)14-5-1-2-6-17(14,15)16/h3-4,7H,1-2,5-6,8,13H2. The van der Waals surface area contributed by atoms with Crippen LogP contribution in [0.3, 0.4) is 0 Å². The second-order valence-electron chi connectivity index (χ2n) is 4.07. The van der Waals surface area contributed by atoms with Crippen molar-refractivity contribution >= 4 is 15.7 Å². The summed E-state index contributed by atoms with van der Waals surface area (Å²) in [6.07, 6.45) is 1.50. The van der Waals surface area contributed by atoms with Crippen LogP contribution in [0.15, 0.2) is 18.2 Å². The average Bonchev–Trinajstić information content (AvgIpc) is 2.29. The number of anilines is 1. The predicted octanol–water partition coefficient (Wildman–Crippen LogP) is 1.21. The summed E-state index contributed by atoms with van der Waals surface area (Å²) in [5.74, 6) is -0.252. The number of hydrogen-bond acceptors (Lipinski definition) is 3. The Bertz CT molecular complexity index is 516. The summed E-state index contributed by atoms with van der Waals surface area (Å²) in [4.78, 5) is 0. The van der Waals surface area contributed by atoms with Gasteiger partial charge in [0.1, 0.15) is 5.82 Å². The molecule has 94 valence electrons. The summed E-state index contributed by atoms with van der Waals surface area (Å²) in [6, 6.07) is 4.04. The van der Waals surface area contributed by atoms with E-state index in [9.17, 15) is 12.8 Å². The molecule has 1 saturated heterocycles. The molecule has 6 heteroatoms. The van der Waals surface area contributed by atoms with E-state index in [1.54, 1.807) is 0 Å². The summed E-state index contributed by atoms with van der Waals surface area (Å²) in [5, 5.41) is 0. The quantitative estimate of drug-likeness (QED) is 0.867. The molecule has 1 aromatic carbocycles. The van der Waals surface area contributed by atoms with Crippen molar-refractivity contribution in [3.8, 4) is 0 Å². The van der Waals surface area contributed by atoms with Gasteiger partial charge < -0.3 is 5.73 Å². The van der Waals surface area contributed by atoms with Crippen molar-refractivity contribution in [1.82, 2.24) is 0 Å². The molecular formula is C11H15FN2O2S. The highest BCUT2D eigenvalue weighted by Gasteiger charge is 2.27. The van der Waals surface area contributed by atoms with E-state index in [1.165, 1.54) is 22.5 Å². The zero-order chi connectivity index (χ0) is 12.5. The van der Waals surface area contributed by atoms with Crippen LogP contribution in [0, 0.1) is 5.82 Å². The van der Waals surface area contributed by atoms with Crippen LogP contribution in [0.4, 0.5) is 10.1 Å². The lowest BCUT2D eigenvalue weighted by molar-refractivity contribution is 0.573. The van der Waals surface area contributed by atoms with Gasteiger partial charge in [-0.05, 0) is 36.6 Å². The highest BCUT2D eigenvalue weighted by molar-refractivity contribution is 7.92. The second-order valence-corrected chi connectivity index (χ2v) is 6.09. The van der Waals surface area contributed by atoms with Gasteiger partial charge in [0.05, 0.1) is 11.4 Å². The molecule has 0 spiro atoms. The molecule has 2 rings (SSSR count). The zero-order valence-corrected chi connectivity index (χ0v) is 10.2. The van der Waals surface area contributed by atoms with Crippen LogP contribution < -0.4 is 10.0 Å². The highest BCUT2D eigenvalue weighted by Crippen LogP contribution is 2.27. The molecule has 1 aliphatic heterocycles. The van der Waals surface area contributed by atoms with Crippen LogP contribution in [0.2, 0.25) is 0 Å². The third-order valence-electron chi connectivity index (χ3n) is 2.88. The monoisotopic (exact) mass is 258 g/mol. The Hall–Kier alpha value is -1.14. The lowest BCUT2D eigenvalue weighted by Gasteiger charge is -2.29. The van der Waals surface area contributed by atoms with Gasteiger partial charge in [-0.15, -0.1) is 0 Å². The Morgan fingerprint density at radius 2 is 2.12 bits per heavy atom. The van der Waals surface area contributed by atoms with E-state index in [0.29, 0.717) is 24.2 Å². The van der Waals surface area contributed by atoms with Gasteiger partial charge in [0.25, 0.3) is 0 Å². The third kappa shape index (κ3) is 2.42. The normalized spacial score (nSPS) is 19.3. The van der Waals surface area contributed by atoms with Gasteiger partial charge in [0.15, 0.2) is 0 Å². The lowest BCUT2D eigenvalue weighted by Crippen LogP contribution is -2.38. The van der Waals surface area contributed by atoms with Crippen molar-refractivity contribution < 1.29 is 12.8 Å². The van der Waals surface area contributed by atoms with Crippen LogP contribution in [0.1, 0.15) is 18.4 Å². The van der Waals surface area contributed by atoms with Gasteiger partial charge in [0, 0.05) is 13.1 Å². The van der Waals surface area contributed by atoms with E-state index < -0.39 is 15.8 Å². The van der Waals surface area contributed by atoms with Crippen LogP contribution in [-0.4, -0.2) is 20.7 Å². The molecule has 0 saturated carbocycles. The SMILES string of the molecule is NCc1cc(F)ccc1N1CCCCS1(=O)=O. The molecule has 1 aliphatic rings. The van der Waals surface area contributed by atoms with E-state index in [2.05, 4.69) is 0 Å². The Labute approximate surface area is 100 Å².